The molecular weight excluding hydrogens is 491 g/mol. The van der Waals surface area contributed by atoms with E-state index in [0.29, 0.717) is 30.8 Å². The Balaban J connectivity index is 0.00000168. The summed E-state index contributed by atoms with van der Waals surface area (Å²) in [7, 11) is 0. The van der Waals surface area contributed by atoms with Crippen molar-refractivity contribution in [3.8, 4) is 0 Å². The lowest BCUT2D eigenvalue weighted by atomic mass is 9.96. The van der Waals surface area contributed by atoms with E-state index in [1.54, 1.807) is 36.1 Å². The smallest absolute Gasteiger partial charge is 0.258 e. The number of hydrogen-bond donors (Lipinski definition) is 3. The Morgan fingerprint density at radius 2 is 1.90 bits per heavy atom. The van der Waals surface area contributed by atoms with E-state index in [0.717, 1.165) is 23.3 Å². The molecule has 0 bridgehead atoms. The number of fused-ring (bicyclic) bond motifs is 1. The van der Waals surface area contributed by atoms with Crippen LogP contribution < -0.4 is 5.32 Å². The van der Waals surface area contributed by atoms with Gasteiger partial charge in [-0.1, -0.05) is 58.6 Å². The third-order valence-corrected chi connectivity index (χ3v) is 5.93. The minimum atomic E-state index is -0.609. The number of nitrogens with one attached hydrogen (secondary N) is 3. The van der Waals surface area contributed by atoms with Crippen molar-refractivity contribution in [1.82, 2.24) is 10.2 Å². The van der Waals surface area contributed by atoms with Crippen molar-refractivity contribution in [3.63, 3.8) is 0 Å². The van der Waals surface area contributed by atoms with Crippen LogP contribution in [0.3, 0.4) is 0 Å². The first kappa shape index (κ1) is 33.2. The predicted molar refractivity (Wildman–Crippen MR) is 162 cm³/mol. The number of unbranched alkanes of at least 4 members (excludes halogenated alkanes) is 1. The van der Waals surface area contributed by atoms with Crippen LogP contribution in [-0.2, 0) is 17.8 Å². The molecule has 0 aromatic heterocycles. The van der Waals surface area contributed by atoms with E-state index in [2.05, 4.69) is 25.4 Å². The maximum atomic E-state index is 14.6. The Morgan fingerprint density at radius 3 is 2.46 bits per heavy atom. The fourth-order valence-electron chi connectivity index (χ4n) is 3.58. The van der Waals surface area contributed by atoms with Crippen molar-refractivity contribution >= 4 is 23.2 Å². The summed E-state index contributed by atoms with van der Waals surface area (Å²) in [6.07, 6.45) is 13.7. The maximum absolute atomic E-state index is 14.6. The Bertz CT molecular complexity index is 1180. The van der Waals surface area contributed by atoms with Crippen molar-refractivity contribution < 1.29 is 15.4 Å². The summed E-state index contributed by atoms with van der Waals surface area (Å²) in [5, 5.41) is 17.2. The van der Waals surface area contributed by atoms with E-state index in [4.69, 9.17) is 10.8 Å². The highest BCUT2D eigenvalue weighted by Gasteiger charge is 2.23. The number of rotatable bonds is 11. The summed E-state index contributed by atoms with van der Waals surface area (Å²) >= 11 is 0. The van der Waals surface area contributed by atoms with Crippen LogP contribution in [-0.4, -0.2) is 34.7 Å². The van der Waals surface area contributed by atoms with E-state index in [9.17, 15) is 14.0 Å². The van der Waals surface area contributed by atoms with E-state index in [1.807, 2.05) is 26.8 Å². The molecule has 39 heavy (non-hydrogen) atoms. The maximum Gasteiger partial charge on any atom is 0.258 e. The highest BCUT2D eigenvalue weighted by molar-refractivity contribution is 6.05. The molecule has 1 aromatic carbocycles. The molecule has 1 aliphatic rings. The van der Waals surface area contributed by atoms with Gasteiger partial charge in [-0.05, 0) is 86.1 Å². The van der Waals surface area contributed by atoms with Gasteiger partial charge in [0.2, 0.25) is 5.91 Å². The Labute approximate surface area is 234 Å². The Hall–Kier alpha value is -3.87. The van der Waals surface area contributed by atoms with Crippen LogP contribution in [0.4, 0.5) is 4.39 Å². The first-order valence-electron chi connectivity index (χ1n) is 13.3. The van der Waals surface area contributed by atoms with Crippen LogP contribution in [0.5, 0.6) is 0 Å². The molecule has 0 saturated heterocycles. The molecular formula is C32H45FN4O2. The molecule has 6 nitrogen and oxygen atoms in total. The van der Waals surface area contributed by atoms with Crippen molar-refractivity contribution in [3.05, 3.63) is 95.5 Å². The molecule has 1 aliphatic heterocycles. The summed E-state index contributed by atoms with van der Waals surface area (Å²) in [5.74, 6) is -1.03. The second-order valence-corrected chi connectivity index (χ2v) is 9.90. The van der Waals surface area contributed by atoms with Crippen LogP contribution in [0.15, 0.2) is 73.0 Å². The lowest BCUT2D eigenvalue weighted by Crippen LogP contribution is -2.35. The zero-order chi connectivity index (χ0) is 29.5. The lowest BCUT2D eigenvalue weighted by molar-refractivity contribution is -0.126. The number of carbonyl (C=O) groups is 2. The minimum absolute atomic E-state index is 0. The van der Waals surface area contributed by atoms with Gasteiger partial charge in [0.25, 0.3) is 5.91 Å². The first-order chi connectivity index (χ1) is 18.4. The van der Waals surface area contributed by atoms with Crippen molar-refractivity contribution in [2.45, 2.75) is 66.8 Å². The van der Waals surface area contributed by atoms with Crippen LogP contribution in [0, 0.1) is 22.6 Å². The number of carbonyl (C=O) groups excluding carboxylic acids is 2. The van der Waals surface area contributed by atoms with Gasteiger partial charge in [-0.25, -0.2) is 4.39 Å². The van der Waals surface area contributed by atoms with Gasteiger partial charge in [0, 0.05) is 25.9 Å². The molecule has 1 aromatic rings. The third-order valence-electron chi connectivity index (χ3n) is 5.93. The normalized spacial score (nSPS) is 13.1. The molecule has 0 aliphatic carbocycles. The van der Waals surface area contributed by atoms with E-state index >= 15 is 0 Å². The summed E-state index contributed by atoms with van der Waals surface area (Å²) < 4.78 is 14.6. The molecule has 0 fully saturated rings. The number of hydrogen-bond acceptors (Lipinski definition) is 4. The summed E-state index contributed by atoms with van der Waals surface area (Å²) in [5.41, 5.74) is 3.58. The van der Waals surface area contributed by atoms with Crippen LogP contribution in [0.25, 0.3) is 0 Å². The second-order valence-electron chi connectivity index (χ2n) is 9.90. The molecule has 3 N–H and O–H groups in total. The number of nitrogens with zero attached hydrogens (tertiary/aromatic N) is 1. The molecule has 212 valence electrons. The summed E-state index contributed by atoms with van der Waals surface area (Å²) in [4.78, 5) is 26.7. The van der Waals surface area contributed by atoms with Gasteiger partial charge in [-0.3, -0.25) is 9.59 Å². The molecule has 0 atom stereocenters. The standard InChI is InChI=1S/C26H30FN3O2.C6H13N.H2/c1-6-24(28)18(4)8-7-9-19(5)29-26(32)22-14-21-16-30(25(31)11-10-17(2)3)13-12-20(21)15-23(22)27;1-3-4-5-6(2)7;/h6-11,14-15,17,28H,1,5,12-13,16H2,2-4H3,(H,29,32);7H,3-5H2,1-2H3;1H/b9-7-,11-10-,18-8+,28-24?;;. The van der Waals surface area contributed by atoms with Crippen LogP contribution >= 0.6 is 0 Å². The summed E-state index contributed by atoms with van der Waals surface area (Å²) in [6, 6.07) is 2.89. The SMILES string of the molecule is C=CC(=N)/C(C)=C/C=C\C(=C)NC(=O)c1cc2c(cc1F)CCN(C(=O)/C=C\C(C)C)C2.CCCCC(C)=N.[HH]. The van der Waals surface area contributed by atoms with Crippen molar-refractivity contribution in [2.75, 3.05) is 6.54 Å². The minimum Gasteiger partial charge on any atom is -0.335 e. The fraction of sp³-hybridized carbons (Fsp3) is 0.375. The summed E-state index contributed by atoms with van der Waals surface area (Å²) in [6.45, 7) is 17.9. The van der Waals surface area contributed by atoms with Gasteiger partial charge in [0.05, 0.1) is 11.3 Å². The number of benzene rings is 1. The van der Waals surface area contributed by atoms with Crippen LogP contribution in [0.1, 0.15) is 76.8 Å². The van der Waals surface area contributed by atoms with Crippen molar-refractivity contribution in [2.24, 2.45) is 5.92 Å². The molecule has 0 saturated carbocycles. The number of halogens is 1. The quantitative estimate of drug-likeness (QED) is 0.157. The van der Waals surface area contributed by atoms with Gasteiger partial charge in [0.1, 0.15) is 5.82 Å². The van der Waals surface area contributed by atoms with Crippen molar-refractivity contribution in [1.29, 1.82) is 10.8 Å². The topological polar surface area (TPSA) is 97.1 Å². The van der Waals surface area contributed by atoms with Gasteiger partial charge in [0.15, 0.2) is 0 Å². The average Bonchev–Trinajstić information content (AvgIpc) is 2.89. The number of amides is 2. The molecule has 0 spiro atoms. The molecule has 0 unspecified atom stereocenters. The highest BCUT2D eigenvalue weighted by Crippen LogP contribution is 2.23. The second kappa shape index (κ2) is 16.9. The monoisotopic (exact) mass is 536 g/mol. The highest BCUT2D eigenvalue weighted by atomic mass is 19.1. The van der Waals surface area contributed by atoms with E-state index in [1.165, 1.54) is 31.1 Å². The Morgan fingerprint density at radius 1 is 1.21 bits per heavy atom. The van der Waals surface area contributed by atoms with Crippen LogP contribution in [0.2, 0.25) is 0 Å². The number of allylic oxidation sites excluding steroid dienone is 6. The lowest BCUT2D eigenvalue weighted by Gasteiger charge is -2.28. The van der Waals surface area contributed by atoms with E-state index < -0.39 is 11.7 Å². The van der Waals surface area contributed by atoms with Gasteiger partial charge in [-0.15, -0.1) is 0 Å². The predicted octanol–water partition coefficient (Wildman–Crippen LogP) is 7.34. The van der Waals surface area contributed by atoms with Gasteiger partial charge in [-0.2, -0.15) is 0 Å². The zero-order valence-electron chi connectivity index (χ0n) is 24.0. The molecule has 1 heterocycles. The molecule has 2 amide bonds. The first-order valence-corrected chi connectivity index (χ1v) is 13.3. The van der Waals surface area contributed by atoms with E-state index in [-0.39, 0.29) is 24.5 Å². The molecule has 7 heteroatoms. The molecule has 0 radical (unpaired) electrons. The largest absolute Gasteiger partial charge is 0.335 e. The third kappa shape index (κ3) is 12.0. The zero-order valence-corrected chi connectivity index (χ0v) is 24.0. The van der Waals surface area contributed by atoms with Gasteiger partial charge >= 0.3 is 0 Å². The van der Waals surface area contributed by atoms with Gasteiger partial charge < -0.3 is 21.0 Å². The average molecular weight is 537 g/mol. The fourth-order valence-corrected chi connectivity index (χ4v) is 3.58. The Kier molecular flexibility index (Phi) is 14.3. The molecule has 2 rings (SSSR count).